The summed E-state index contributed by atoms with van der Waals surface area (Å²) in [5, 5.41) is 2.89. The van der Waals surface area contributed by atoms with Gasteiger partial charge in [-0.2, -0.15) is 0 Å². The largest absolute Gasteiger partial charge is 0.355 e. The van der Waals surface area contributed by atoms with Crippen molar-refractivity contribution in [1.82, 2.24) is 5.32 Å². The summed E-state index contributed by atoms with van der Waals surface area (Å²) in [5.41, 5.74) is 5.47. The minimum absolute atomic E-state index is 0. The third-order valence-corrected chi connectivity index (χ3v) is 3.52. The van der Waals surface area contributed by atoms with Gasteiger partial charge in [-0.3, -0.25) is 4.79 Å². The van der Waals surface area contributed by atoms with Crippen LogP contribution in [0.2, 0.25) is 0 Å². The fourth-order valence-corrected chi connectivity index (χ4v) is 2.36. The highest BCUT2D eigenvalue weighted by molar-refractivity contribution is 5.85. The molecule has 1 saturated carbocycles. The summed E-state index contributed by atoms with van der Waals surface area (Å²) in [4.78, 5) is 11.2. The molecular formula is C12H25ClN2O. The van der Waals surface area contributed by atoms with E-state index >= 15 is 0 Å². The zero-order valence-electron chi connectivity index (χ0n) is 10.4. The molecule has 96 valence electrons. The van der Waals surface area contributed by atoms with E-state index in [0.717, 1.165) is 24.8 Å². The lowest BCUT2D eigenvalue weighted by Crippen LogP contribution is -2.39. The molecule has 0 bridgehead atoms. The first-order valence-electron chi connectivity index (χ1n) is 6.14. The van der Waals surface area contributed by atoms with E-state index in [1.807, 2.05) is 0 Å². The molecule has 1 aliphatic carbocycles. The van der Waals surface area contributed by atoms with Crippen molar-refractivity contribution in [3.05, 3.63) is 0 Å². The first-order chi connectivity index (χ1) is 7.11. The lowest BCUT2D eigenvalue weighted by atomic mass is 9.79. The van der Waals surface area contributed by atoms with Gasteiger partial charge in [0.2, 0.25) is 5.91 Å². The first kappa shape index (κ1) is 15.7. The van der Waals surface area contributed by atoms with Gasteiger partial charge in [0.15, 0.2) is 0 Å². The molecule has 16 heavy (non-hydrogen) atoms. The van der Waals surface area contributed by atoms with Gasteiger partial charge < -0.3 is 11.1 Å². The summed E-state index contributed by atoms with van der Waals surface area (Å²) < 4.78 is 0. The molecule has 3 atom stereocenters. The highest BCUT2D eigenvalue weighted by Gasteiger charge is 2.20. The molecule has 0 radical (unpaired) electrons. The molecule has 1 aliphatic rings. The summed E-state index contributed by atoms with van der Waals surface area (Å²) in [5.74, 6) is 1.59. The van der Waals surface area contributed by atoms with Gasteiger partial charge in [-0.25, -0.2) is 0 Å². The van der Waals surface area contributed by atoms with Gasteiger partial charge in [0.1, 0.15) is 0 Å². The van der Waals surface area contributed by atoms with Crippen molar-refractivity contribution in [3.63, 3.8) is 0 Å². The van der Waals surface area contributed by atoms with Crippen molar-refractivity contribution < 1.29 is 4.79 Å². The topological polar surface area (TPSA) is 55.1 Å². The second kappa shape index (κ2) is 7.91. The maximum Gasteiger partial charge on any atom is 0.236 e. The maximum atomic E-state index is 11.2. The molecule has 0 aromatic rings. The Labute approximate surface area is 105 Å². The Bertz CT molecular complexity index is 209. The first-order valence-corrected chi connectivity index (χ1v) is 6.14. The van der Waals surface area contributed by atoms with E-state index in [-0.39, 0.29) is 24.4 Å². The smallest absolute Gasteiger partial charge is 0.236 e. The van der Waals surface area contributed by atoms with E-state index in [0.29, 0.717) is 0 Å². The molecule has 3 nitrogen and oxygen atoms in total. The SMILES string of the molecule is CC1CCCCC1CCNC(=O)[C@@H](C)N.Cl. The third-order valence-electron chi connectivity index (χ3n) is 3.52. The van der Waals surface area contributed by atoms with Crippen LogP contribution in [0.1, 0.15) is 46.0 Å². The number of nitrogens with two attached hydrogens (primary N) is 1. The molecule has 2 unspecified atom stereocenters. The van der Waals surface area contributed by atoms with Crippen molar-refractivity contribution in [3.8, 4) is 0 Å². The van der Waals surface area contributed by atoms with E-state index in [4.69, 9.17) is 5.73 Å². The number of nitrogens with one attached hydrogen (secondary N) is 1. The molecule has 0 aromatic heterocycles. The number of amides is 1. The molecule has 1 amide bonds. The van der Waals surface area contributed by atoms with E-state index in [9.17, 15) is 4.79 Å². The van der Waals surface area contributed by atoms with Crippen LogP contribution in [0.4, 0.5) is 0 Å². The van der Waals surface area contributed by atoms with Crippen LogP contribution in [-0.2, 0) is 4.79 Å². The number of carbonyl (C=O) groups excluding carboxylic acids is 1. The molecule has 4 heteroatoms. The van der Waals surface area contributed by atoms with Crippen LogP contribution in [0, 0.1) is 11.8 Å². The molecule has 0 heterocycles. The minimum atomic E-state index is -0.381. The van der Waals surface area contributed by atoms with Crippen LogP contribution in [0.15, 0.2) is 0 Å². The lowest BCUT2D eigenvalue weighted by molar-refractivity contribution is -0.122. The Hall–Kier alpha value is -0.280. The Kier molecular flexibility index (Phi) is 7.77. The summed E-state index contributed by atoms with van der Waals surface area (Å²) in [6.45, 7) is 4.84. The number of hydrogen-bond donors (Lipinski definition) is 2. The molecule has 1 fully saturated rings. The van der Waals surface area contributed by atoms with Gasteiger partial charge in [0, 0.05) is 6.54 Å². The zero-order chi connectivity index (χ0) is 11.3. The van der Waals surface area contributed by atoms with Crippen molar-refractivity contribution in [2.45, 2.75) is 52.0 Å². The van der Waals surface area contributed by atoms with Gasteiger partial charge in [-0.15, -0.1) is 12.4 Å². The normalized spacial score (nSPS) is 26.7. The molecule has 0 spiro atoms. The van der Waals surface area contributed by atoms with Crippen LogP contribution in [-0.4, -0.2) is 18.5 Å². The summed E-state index contributed by atoms with van der Waals surface area (Å²) in [6.07, 6.45) is 6.53. The third kappa shape index (κ3) is 5.17. The highest BCUT2D eigenvalue weighted by atomic mass is 35.5. The average molecular weight is 249 g/mol. The van der Waals surface area contributed by atoms with E-state index < -0.39 is 0 Å². The Morgan fingerprint density at radius 2 is 2.06 bits per heavy atom. The summed E-state index contributed by atoms with van der Waals surface area (Å²) >= 11 is 0. The number of hydrogen-bond acceptors (Lipinski definition) is 2. The monoisotopic (exact) mass is 248 g/mol. The van der Waals surface area contributed by atoms with Crippen LogP contribution < -0.4 is 11.1 Å². The lowest BCUT2D eigenvalue weighted by Gasteiger charge is -2.28. The van der Waals surface area contributed by atoms with Crippen molar-refractivity contribution in [2.24, 2.45) is 17.6 Å². The molecule has 0 saturated heterocycles. The predicted octanol–water partition coefficient (Wildman–Crippen LogP) is 2.09. The van der Waals surface area contributed by atoms with E-state index in [1.54, 1.807) is 6.92 Å². The van der Waals surface area contributed by atoms with Crippen molar-refractivity contribution in [1.29, 1.82) is 0 Å². The van der Waals surface area contributed by atoms with Crippen molar-refractivity contribution in [2.75, 3.05) is 6.54 Å². The minimum Gasteiger partial charge on any atom is -0.355 e. The Balaban J connectivity index is 0.00000225. The second-order valence-corrected chi connectivity index (χ2v) is 4.89. The van der Waals surface area contributed by atoms with Crippen LogP contribution in [0.5, 0.6) is 0 Å². The molecule has 0 aliphatic heterocycles. The fourth-order valence-electron chi connectivity index (χ4n) is 2.36. The average Bonchev–Trinajstić information content (AvgIpc) is 2.20. The van der Waals surface area contributed by atoms with Crippen LogP contribution >= 0.6 is 12.4 Å². The van der Waals surface area contributed by atoms with Gasteiger partial charge >= 0.3 is 0 Å². The maximum absolute atomic E-state index is 11.2. The van der Waals surface area contributed by atoms with Crippen LogP contribution in [0.25, 0.3) is 0 Å². The van der Waals surface area contributed by atoms with Gasteiger partial charge in [-0.1, -0.05) is 32.6 Å². The molecule has 1 rings (SSSR count). The zero-order valence-corrected chi connectivity index (χ0v) is 11.2. The number of halogens is 1. The number of rotatable bonds is 4. The van der Waals surface area contributed by atoms with E-state index in [1.165, 1.54) is 25.7 Å². The van der Waals surface area contributed by atoms with Crippen molar-refractivity contribution >= 4 is 18.3 Å². The predicted molar refractivity (Wildman–Crippen MR) is 69.6 cm³/mol. The second-order valence-electron chi connectivity index (χ2n) is 4.89. The van der Waals surface area contributed by atoms with Gasteiger partial charge in [0.25, 0.3) is 0 Å². The quantitative estimate of drug-likeness (QED) is 0.801. The fraction of sp³-hybridized carbons (Fsp3) is 0.917. The standard InChI is InChI=1S/C12H24N2O.ClH/c1-9-5-3-4-6-11(9)7-8-14-12(15)10(2)13;/h9-11H,3-8,13H2,1-2H3,(H,14,15);1H/t9?,10-,11?;/m1./s1. The molecule has 3 N–H and O–H groups in total. The summed E-state index contributed by atoms with van der Waals surface area (Å²) in [6, 6.07) is -0.381. The highest BCUT2D eigenvalue weighted by Crippen LogP contribution is 2.31. The summed E-state index contributed by atoms with van der Waals surface area (Å²) in [7, 11) is 0. The Morgan fingerprint density at radius 1 is 1.44 bits per heavy atom. The molecule has 0 aromatic carbocycles. The van der Waals surface area contributed by atoms with Gasteiger partial charge in [0.05, 0.1) is 6.04 Å². The Morgan fingerprint density at radius 3 is 2.62 bits per heavy atom. The number of carbonyl (C=O) groups is 1. The van der Waals surface area contributed by atoms with Gasteiger partial charge in [-0.05, 0) is 25.2 Å². The van der Waals surface area contributed by atoms with Crippen LogP contribution in [0.3, 0.4) is 0 Å². The van der Waals surface area contributed by atoms with E-state index in [2.05, 4.69) is 12.2 Å². The molecular weight excluding hydrogens is 224 g/mol.